The van der Waals surface area contributed by atoms with Gasteiger partial charge in [-0.1, -0.05) is 11.6 Å². The molecular formula is C14H12ClN5O. The molecule has 1 aromatic heterocycles. The zero-order valence-electron chi connectivity index (χ0n) is 11.2. The molecule has 106 valence electrons. The van der Waals surface area contributed by atoms with Crippen LogP contribution in [0.1, 0.15) is 0 Å². The van der Waals surface area contributed by atoms with E-state index in [9.17, 15) is 0 Å². The van der Waals surface area contributed by atoms with Crippen molar-refractivity contribution < 1.29 is 4.74 Å². The highest BCUT2D eigenvalue weighted by atomic mass is 35.5. The zero-order valence-corrected chi connectivity index (χ0v) is 11.9. The zero-order chi connectivity index (χ0) is 14.8. The lowest BCUT2D eigenvalue weighted by Crippen LogP contribution is -2.00. The molecule has 0 aliphatic carbocycles. The van der Waals surface area contributed by atoms with Gasteiger partial charge >= 0.3 is 0 Å². The summed E-state index contributed by atoms with van der Waals surface area (Å²) >= 11 is 6.03. The molecule has 0 bridgehead atoms. The van der Waals surface area contributed by atoms with E-state index in [-0.39, 0.29) is 0 Å². The predicted octanol–water partition coefficient (Wildman–Crippen LogP) is 2.57. The third-order valence-electron chi connectivity index (χ3n) is 3.02. The molecule has 0 atom stereocenters. The third kappa shape index (κ3) is 2.53. The van der Waals surface area contributed by atoms with Crippen LogP contribution in [0.5, 0.6) is 5.75 Å². The largest absolute Gasteiger partial charge is 0.495 e. The van der Waals surface area contributed by atoms with Gasteiger partial charge in [0.1, 0.15) is 5.75 Å². The summed E-state index contributed by atoms with van der Waals surface area (Å²) in [7, 11) is 1.56. The van der Waals surface area contributed by atoms with Crippen molar-refractivity contribution in [3.05, 3.63) is 47.5 Å². The van der Waals surface area contributed by atoms with Crippen LogP contribution in [-0.2, 0) is 0 Å². The Kier molecular flexibility index (Phi) is 3.45. The van der Waals surface area contributed by atoms with Crippen LogP contribution in [0.3, 0.4) is 0 Å². The topological polar surface area (TPSA) is 78.8 Å². The van der Waals surface area contributed by atoms with E-state index in [2.05, 4.69) is 15.5 Å². The molecule has 2 N–H and O–H groups in total. The maximum absolute atomic E-state index is 6.03. The van der Waals surface area contributed by atoms with Crippen LogP contribution in [-0.4, -0.2) is 27.3 Å². The summed E-state index contributed by atoms with van der Waals surface area (Å²) in [5.74, 6) is 1.17. The molecule has 3 rings (SSSR count). The second-order valence-corrected chi connectivity index (χ2v) is 4.76. The molecule has 7 heteroatoms. The Bertz CT molecular complexity index is 769. The molecule has 0 fully saturated rings. The van der Waals surface area contributed by atoms with Crippen LogP contribution in [0.2, 0.25) is 5.02 Å². The number of anilines is 1. The molecule has 2 aromatic carbocycles. The van der Waals surface area contributed by atoms with Gasteiger partial charge in [-0.3, -0.25) is 0 Å². The summed E-state index contributed by atoms with van der Waals surface area (Å²) in [6.07, 6.45) is 0. The second kappa shape index (κ2) is 5.41. The number of halogens is 1. The Hall–Kier alpha value is -2.60. The van der Waals surface area contributed by atoms with E-state index in [0.717, 1.165) is 11.3 Å². The van der Waals surface area contributed by atoms with Crippen molar-refractivity contribution in [2.75, 3.05) is 12.8 Å². The van der Waals surface area contributed by atoms with E-state index < -0.39 is 0 Å². The molecule has 0 amide bonds. The summed E-state index contributed by atoms with van der Waals surface area (Å²) in [5, 5.41) is 12.3. The van der Waals surface area contributed by atoms with Gasteiger partial charge in [-0.25, -0.2) is 0 Å². The highest BCUT2D eigenvalue weighted by Gasteiger charge is 2.12. The first-order valence-electron chi connectivity index (χ1n) is 6.17. The number of aromatic nitrogens is 4. The van der Waals surface area contributed by atoms with Crippen molar-refractivity contribution in [1.82, 2.24) is 20.2 Å². The third-order valence-corrected chi connectivity index (χ3v) is 3.33. The van der Waals surface area contributed by atoms with E-state index in [4.69, 9.17) is 22.1 Å². The van der Waals surface area contributed by atoms with Crippen LogP contribution in [0.15, 0.2) is 42.5 Å². The number of nitrogen functional groups attached to an aromatic ring is 1. The van der Waals surface area contributed by atoms with Gasteiger partial charge in [0, 0.05) is 17.3 Å². The van der Waals surface area contributed by atoms with Crippen LogP contribution in [0.4, 0.5) is 5.69 Å². The van der Waals surface area contributed by atoms with Gasteiger partial charge in [0.25, 0.3) is 0 Å². The SMILES string of the molecule is COc1cc(-n2nnnc2-c2ccc(N)cc2)ccc1Cl. The van der Waals surface area contributed by atoms with Crippen molar-refractivity contribution in [1.29, 1.82) is 0 Å². The average molecular weight is 302 g/mol. The first-order valence-corrected chi connectivity index (χ1v) is 6.55. The van der Waals surface area contributed by atoms with E-state index >= 15 is 0 Å². The highest BCUT2D eigenvalue weighted by molar-refractivity contribution is 6.32. The summed E-state index contributed by atoms with van der Waals surface area (Å²) < 4.78 is 6.83. The number of methoxy groups -OCH3 is 1. The molecule has 0 spiro atoms. The number of benzene rings is 2. The fourth-order valence-corrected chi connectivity index (χ4v) is 2.15. The lowest BCUT2D eigenvalue weighted by molar-refractivity contribution is 0.414. The lowest BCUT2D eigenvalue weighted by Gasteiger charge is -2.08. The summed E-state index contributed by atoms with van der Waals surface area (Å²) in [6, 6.07) is 12.7. The van der Waals surface area contributed by atoms with Crippen LogP contribution in [0, 0.1) is 0 Å². The predicted molar refractivity (Wildman–Crippen MR) is 80.6 cm³/mol. The molecular weight excluding hydrogens is 290 g/mol. The van der Waals surface area contributed by atoms with Crippen molar-refractivity contribution in [2.24, 2.45) is 0 Å². The monoisotopic (exact) mass is 301 g/mol. The number of tetrazole rings is 1. The summed E-state index contributed by atoms with van der Waals surface area (Å²) in [5.41, 5.74) is 8.00. The van der Waals surface area contributed by atoms with E-state index in [1.54, 1.807) is 36.1 Å². The Labute approximate surface area is 126 Å². The molecule has 1 heterocycles. The minimum Gasteiger partial charge on any atom is -0.495 e. The van der Waals surface area contributed by atoms with E-state index in [1.165, 1.54) is 0 Å². The fraction of sp³-hybridized carbons (Fsp3) is 0.0714. The Morgan fingerprint density at radius 2 is 1.90 bits per heavy atom. The Morgan fingerprint density at radius 1 is 1.14 bits per heavy atom. The van der Waals surface area contributed by atoms with Gasteiger partial charge in [-0.05, 0) is 46.8 Å². The standard InChI is InChI=1S/C14H12ClN5O/c1-21-13-8-11(6-7-12(13)15)20-14(17-18-19-20)9-2-4-10(16)5-3-9/h2-8H,16H2,1H3. The first-order chi connectivity index (χ1) is 10.2. The van der Waals surface area contributed by atoms with Gasteiger partial charge in [0.05, 0.1) is 17.8 Å². The quantitative estimate of drug-likeness (QED) is 0.752. The molecule has 0 aliphatic rings. The van der Waals surface area contributed by atoms with Crippen molar-refractivity contribution in [3.8, 4) is 22.8 Å². The van der Waals surface area contributed by atoms with Crippen molar-refractivity contribution in [3.63, 3.8) is 0 Å². The molecule has 0 unspecified atom stereocenters. The molecule has 0 radical (unpaired) electrons. The average Bonchev–Trinajstić information content (AvgIpc) is 2.98. The number of ether oxygens (including phenoxy) is 1. The Balaban J connectivity index is 2.08. The molecule has 6 nitrogen and oxygen atoms in total. The van der Waals surface area contributed by atoms with E-state index in [0.29, 0.717) is 22.3 Å². The van der Waals surface area contributed by atoms with Crippen LogP contribution >= 0.6 is 11.6 Å². The number of hydrogen-bond donors (Lipinski definition) is 1. The summed E-state index contributed by atoms with van der Waals surface area (Å²) in [4.78, 5) is 0. The number of nitrogens with two attached hydrogens (primary N) is 1. The highest BCUT2D eigenvalue weighted by Crippen LogP contribution is 2.28. The van der Waals surface area contributed by atoms with Gasteiger partial charge in [-0.2, -0.15) is 4.68 Å². The number of rotatable bonds is 3. The Morgan fingerprint density at radius 3 is 2.62 bits per heavy atom. The van der Waals surface area contributed by atoms with Crippen molar-refractivity contribution in [2.45, 2.75) is 0 Å². The van der Waals surface area contributed by atoms with Gasteiger partial charge in [0.15, 0.2) is 5.82 Å². The summed E-state index contributed by atoms with van der Waals surface area (Å²) in [6.45, 7) is 0. The van der Waals surface area contributed by atoms with Gasteiger partial charge < -0.3 is 10.5 Å². The fourth-order valence-electron chi connectivity index (χ4n) is 1.95. The van der Waals surface area contributed by atoms with Gasteiger partial charge in [-0.15, -0.1) is 5.10 Å². The molecule has 0 saturated carbocycles. The molecule has 0 aliphatic heterocycles. The van der Waals surface area contributed by atoms with Crippen molar-refractivity contribution >= 4 is 17.3 Å². The molecule has 0 saturated heterocycles. The minimum atomic E-state index is 0.531. The number of nitrogens with zero attached hydrogens (tertiary/aromatic N) is 4. The number of hydrogen-bond acceptors (Lipinski definition) is 5. The van der Waals surface area contributed by atoms with Gasteiger partial charge in [0.2, 0.25) is 0 Å². The maximum atomic E-state index is 6.03. The van der Waals surface area contributed by atoms with E-state index in [1.807, 2.05) is 18.2 Å². The first kappa shape index (κ1) is 13.4. The van der Waals surface area contributed by atoms with Crippen LogP contribution < -0.4 is 10.5 Å². The lowest BCUT2D eigenvalue weighted by atomic mass is 10.2. The smallest absolute Gasteiger partial charge is 0.187 e. The maximum Gasteiger partial charge on any atom is 0.187 e. The molecule has 21 heavy (non-hydrogen) atoms. The minimum absolute atomic E-state index is 0.531. The second-order valence-electron chi connectivity index (χ2n) is 4.36. The molecule has 3 aromatic rings. The normalized spacial score (nSPS) is 10.6. The van der Waals surface area contributed by atoms with Crippen LogP contribution in [0.25, 0.3) is 17.1 Å².